The van der Waals surface area contributed by atoms with Gasteiger partial charge in [0, 0.05) is 13.1 Å². The molecule has 0 radical (unpaired) electrons. The number of carbonyl (C=O) groups is 1. The first-order valence-corrected chi connectivity index (χ1v) is 8.28. The number of nitrogens with zero attached hydrogens (tertiary/aromatic N) is 2. The fraction of sp³-hybridized carbons (Fsp3) is 0.444. The zero-order valence-electron chi connectivity index (χ0n) is 14.3. The van der Waals surface area contributed by atoms with Gasteiger partial charge in [-0.25, -0.2) is 9.07 Å². The van der Waals surface area contributed by atoms with Gasteiger partial charge in [0.05, 0.1) is 18.9 Å². The summed E-state index contributed by atoms with van der Waals surface area (Å²) in [5.41, 5.74) is -0.0721. The highest BCUT2D eigenvalue weighted by molar-refractivity contribution is 5.96. The van der Waals surface area contributed by atoms with Crippen molar-refractivity contribution in [1.82, 2.24) is 15.1 Å². The van der Waals surface area contributed by atoms with Gasteiger partial charge in [0.15, 0.2) is 0 Å². The van der Waals surface area contributed by atoms with Crippen molar-refractivity contribution < 1.29 is 19.0 Å². The van der Waals surface area contributed by atoms with Crippen molar-refractivity contribution in [3.63, 3.8) is 0 Å². The minimum atomic E-state index is -1.05. The number of ether oxygens (including phenoxy) is 1. The van der Waals surface area contributed by atoms with Gasteiger partial charge in [-0.15, -0.1) is 0 Å². The van der Waals surface area contributed by atoms with E-state index < -0.39 is 5.60 Å². The minimum Gasteiger partial charge on any atom is -0.481 e. The summed E-state index contributed by atoms with van der Waals surface area (Å²) in [6, 6.07) is 6.03. The molecule has 0 spiro atoms. The molecule has 1 fully saturated rings. The molecule has 6 nitrogen and oxygen atoms in total. The maximum absolute atomic E-state index is 13.4. The molecule has 1 aromatic heterocycles. The SMILES string of the molecule is COc1c(C(=O)NC2CCC(O)(c3cccc(F)c3)CC2)cnn1C. The van der Waals surface area contributed by atoms with Crippen molar-refractivity contribution in [2.24, 2.45) is 7.05 Å². The number of aliphatic hydroxyl groups is 1. The van der Waals surface area contributed by atoms with Gasteiger partial charge >= 0.3 is 0 Å². The summed E-state index contributed by atoms with van der Waals surface area (Å²) >= 11 is 0. The third-order valence-electron chi connectivity index (χ3n) is 4.83. The predicted molar refractivity (Wildman–Crippen MR) is 89.8 cm³/mol. The molecule has 3 rings (SSSR count). The molecule has 7 heteroatoms. The van der Waals surface area contributed by atoms with Gasteiger partial charge in [0.2, 0.25) is 5.88 Å². The van der Waals surface area contributed by atoms with Gasteiger partial charge in [0.25, 0.3) is 5.91 Å². The average molecular weight is 347 g/mol. The van der Waals surface area contributed by atoms with Crippen LogP contribution in [0.3, 0.4) is 0 Å². The number of halogens is 1. The first-order chi connectivity index (χ1) is 11.9. The number of aryl methyl sites for hydroxylation is 1. The van der Waals surface area contributed by atoms with E-state index in [1.807, 2.05) is 0 Å². The Morgan fingerprint density at radius 1 is 1.44 bits per heavy atom. The Morgan fingerprint density at radius 3 is 2.80 bits per heavy atom. The molecule has 1 aliphatic rings. The summed E-state index contributed by atoms with van der Waals surface area (Å²) in [5, 5.41) is 17.8. The second-order valence-electron chi connectivity index (χ2n) is 6.48. The number of rotatable bonds is 4. The quantitative estimate of drug-likeness (QED) is 0.888. The molecule has 1 heterocycles. The summed E-state index contributed by atoms with van der Waals surface area (Å²) < 4.78 is 20.1. The van der Waals surface area contributed by atoms with Crippen LogP contribution in [0.4, 0.5) is 4.39 Å². The number of carbonyl (C=O) groups excluding carboxylic acids is 1. The monoisotopic (exact) mass is 347 g/mol. The highest BCUT2D eigenvalue weighted by Crippen LogP contribution is 2.37. The number of hydrogen-bond acceptors (Lipinski definition) is 4. The van der Waals surface area contributed by atoms with Gasteiger partial charge in [-0.3, -0.25) is 4.79 Å². The summed E-state index contributed by atoms with van der Waals surface area (Å²) in [6.07, 6.45) is 3.62. The number of benzene rings is 1. The smallest absolute Gasteiger partial charge is 0.258 e. The van der Waals surface area contributed by atoms with Crippen LogP contribution in [0.15, 0.2) is 30.5 Å². The van der Waals surface area contributed by atoms with Gasteiger partial charge in [-0.05, 0) is 43.4 Å². The molecule has 0 unspecified atom stereocenters. The molecule has 0 bridgehead atoms. The Bertz CT molecular complexity index is 767. The average Bonchev–Trinajstić information content (AvgIpc) is 2.98. The maximum atomic E-state index is 13.4. The first kappa shape index (κ1) is 17.4. The van der Waals surface area contributed by atoms with Gasteiger partial charge in [0.1, 0.15) is 11.4 Å². The van der Waals surface area contributed by atoms with Crippen LogP contribution in [0.5, 0.6) is 5.88 Å². The molecule has 134 valence electrons. The fourth-order valence-electron chi connectivity index (χ4n) is 3.39. The Morgan fingerprint density at radius 2 is 2.16 bits per heavy atom. The minimum absolute atomic E-state index is 0.0498. The van der Waals surface area contributed by atoms with Gasteiger partial charge < -0.3 is 15.2 Å². The second kappa shape index (κ2) is 6.84. The lowest BCUT2D eigenvalue weighted by Gasteiger charge is -2.36. The molecule has 2 N–H and O–H groups in total. The standard InChI is InChI=1S/C18H22FN3O3/c1-22-17(25-2)15(11-20-22)16(23)21-14-6-8-18(24,9-7-14)12-4-3-5-13(19)10-12/h3-5,10-11,14,24H,6-9H2,1-2H3,(H,21,23). The van der Waals surface area contributed by atoms with E-state index in [4.69, 9.17) is 4.74 Å². The molecule has 0 saturated heterocycles. The van der Waals surface area contributed by atoms with Crippen LogP contribution in [-0.2, 0) is 12.6 Å². The van der Waals surface area contributed by atoms with E-state index in [9.17, 15) is 14.3 Å². The Balaban J connectivity index is 1.63. The largest absolute Gasteiger partial charge is 0.481 e. The van der Waals surface area contributed by atoms with E-state index in [-0.39, 0.29) is 17.8 Å². The van der Waals surface area contributed by atoms with E-state index in [0.717, 1.165) is 0 Å². The first-order valence-electron chi connectivity index (χ1n) is 8.28. The number of aromatic nitrogens is 2. The van der Waals surface area contributed by atoms with Crippen molar-refractivity contribution in [2.45, 2.75) is 37.3 Å². The zero-order valence-corrected chi connectivity index (χ0v) is 14.3. The van der Waals surface area contributed by atoms with Crippen molar-refractivity contribution in [3.8, 4) is 5.88 Å². The molecule has 1 amide bonds. The van der Waals surface area contributed by atoms with Crippen LogP contribution in [0.2, 0.25) is 0 Å². The topological polar surface area (TPSA) is 76.4 Å². The van der Waals surface area contributed by atoms with Crippen molar-refractivity contribution >= 4 is 5.91 Å². The molecular weight excluding hydrogens is 325 g/mol. The van der Waals surface area contributed by atoms with E-state index in [0.29, 0.717) is 42.7 Å². The normalized spacial score (nSPS) is 23.3. The number of hydrogen-bond donors (Lipinski definition) is 2. The lowest BCUT2D eigenvalue weighted by atomic mass is 9.77. The van der Waals surface area contributed by atoms with Crippen LogP contribution < -0.4 is 10.1 Å². The number of nitrogens with one attached hydrogen (secondary N) is 1. The van der Waals surface area contributed by atoms with Gasteiger partial charge in [-0.1, -0.05) is 12.1 Å². The van der Waals surface area contributed by atoms with Crippen LogP contribution in [-0.4, -0.2) is 33.9 Å². The lowest BCUT2D eigenvalue weighted by molar-refractivity contribution is -0.00828. The molecule has 0 aliphatic heterocycles. The van der Waals surface area contributed by atoms with E-state index in [1.54, 1.807) is 19.2 Å². The summed E-state index contributed by atoms with van der Waals surface area (Å²) in [4.78, 5) is 12.4. The highest BCUT2D eigenvalue weighted by Gasteiger charge is 2.35. The third-order valence-corrected chi connectivity index (χ3v) is 4.83. The van der Waals surface area contributed by atoms with E-state index >= 15 is 0 Å². The molecule has 2 aromatic rings. The lowest BCUT2D eigenvalue weighted by Crippen LogP contribution is -2.42. The molecule has 1 aliphatic carbocycles. The van der Waals surface area contributed by atoms with Crippen LogP contribution >= 0.6 is 0 Å². The Kier molecular flexibility index (Phi) is 4.76. The van der Waals surface area contributed by atoms with Gasteiger partial charge in [-0.2, -0.15) is 5.10 Å². The van der Waals surface area contributed by atoms with Crippen molar-refractivity contribution in [2.75, 3.05) is 7.11 Å². The molecule has 25 heavy (non-hydrogen) atoms. The van der Waals surface area contributed by atoms with Crippen LogP contribution in [0.25, 0.3) is 0 Å². The fourth-order valence-corrected chi connectivity index (χ4v) is 3.39. The zero-order chi connectivity index (χ0) is 18.0. The molecular formula is C18H22FN3O3. The maximum Gasteiger partial charge on any atom is 0.258 e. The third kappa shape index (κ3) is 3.51. The van der Waals surface area contributed by atoms with Crippen LogP contribution in [0, 0.1) is 5.82 Å². The summed E-state index contributed by atoms with van der Waals surface area (Å²) in [6.45, 7) is 0. The molecule has 0 atom stereocenters. The highest BCUT2D eigenvalue weighted by atomic mass is 19.1. The van der Waals surface area contributed by atoms with E-state index in [1.165, 1.54) is 30.1 Å². The Hall–Kier alpha value is -2.41. The summed E-state index contributed by atoms with van der Waals surface area (Å²) in [5.74, 6) is -0.194. The molecule has 1 saturated carbocycles. The second-order valence-corrected chi connectivity index (χ2v) is 6.48. The van der Waals surface area contributed by atoms with Crippen LogP contribution in [0.1, 0.15) is 41.6 Å². The van der Waals surface area contributed by atoms with Crippen molar-refractivity contribution in [1.29, 1.82) is 0 Å². The predicted octanol–water partition coefficient (Wildman–Crippen LogP) is 2.13. The number of amides is 1. The molecule has 1 aromatic carbocycles. The summed E-state index contributed by atoms with van der Waals surface area (Å²) in [7, 11) is 3.20. The van der Waals surface area contributed by atoms with Crippen molar-refractivity contribution in [3.05, 3.63) is 47.4 Å². The Labute approximate surface area is 145 Å². The van der Waals surface area contributed by atoms with E-state index in [2.05, 4.69) is 10.4 Å². The number of methoxy groups -OCH3 is 1.